The van der Waals surface area contributed by atoms with Crippen LogP contribution < -0.4 is 15.4 Å². The number of hydrogen-bond donors (Lipinski definition) is 2. The Balaban J connectivity index is 1.22. The fourth-order valence-corrected chi connectivity index (χ4v) is 4.34. The maximum atomic E-state index is 5.84. The fraction of sp³-hybridized carbons (Fsp3) is 0.720. The molecule has 0 saturated carbocycles. The van der Waals surface area contributed by atoms with Crippen LogP contribution in [0.5, 0.6) is 5.75 Å². The van der Waals surface area contributed by atoms with Crippen molar-refractivity contribution in [1.29, 1.82) is 0 Å². The zero-order valence-corrected chi connectivity index (χ0v) is 20.0. The Labute approximate surface area is 193 Å². The Morgan fingerprint density at radius 1 is 1.06 bits per heavy atom. The van der Waals surface area contributed by atoms with E-state index in [-0.39, 0.29) is 0 Å². The van der Waals surface area contributed by atoms with Gasteiger partial charge in [0.05, 0.1) is 7.11 Å². The van der Waals surface area contributed by atoms with E-state index in [2.05, 4.69) is 32.7 Å². The van der Waals surface area contributed by atoms with Crippen LogP contribution in [-0.4, -0.2) is 77.6 Å². The summed E-state index contributed by atoms with van der Waals surface area (Å²) in [6.07, 6.45) is 5.71. The Morgan fingerprint density at radius 3 is 2.50 bits per heavy atom. The zero-order valence-electron chi connectivity index (χ0n) is 20.0. The van der Waals surface area contributed by atoms with Crippen molar-refractivity contribution in [3.8, 4) is 5.75 Å². The van der Waals surface area contributed by atoms with E-state index < -0.39 is 0 Å². The number of benzene rings is 1. The Kier molecular flexibility index (Phi) is 11.1. The minimum absolute atomic E-state index is 0.675. The maximum absolute atomic E-state index is 5.84. The van der Waals surface area contributed by atoms with Gasteiger partial charge in [0.1, 0.15) is 5.75 Å². The van der Waals surface area contributed by atoms with E-state index in [1.54, 1.807) is 7.11 Å². The van der Waals surface area contributed by atoms with Crippen molar-refractivity contribution >= 4 is 5.96 Å². The van der Waals surface area contributed by atoms with Crippen LogP contribution >= 0.6 is 0 Å². The Bertz CT molecular complexity index is 654. The highest BCUT2D eigenvalue weighted by Crippen LogP contribution is 2.20. The predicted octanol–water partition coefficient (Wildman–Crippen LogP) is 2.91. The molecule has 0 aliphatic carbocycles. The molecule has 2 heterocycles. The number of guanidine groups is 1. The molecule has 2 N–H and O–H groups in total. The number of piperidine rings is 1. The summed E-state index contributed by atoms with van der Waals surface area (Å²) in [5, 5.41) is 6.93. The van der Waals surface area contributed by atoms with E-state index in [4.69, 9.17) is 14.2 Å². The van der Waals surface area contributed by atoms with Gasteiger partial charge in [0, 0.05) is 53.1 Å². The molecule has 7 heteroatoms. The molecule has 0 bridgehead atoms. The predicted molar refractivity (Wildman–Crippen MR) is 129 cm³/mol. The van der Waals surface area contributed by atoms with Crippen molar-refractivity contribution in [2.45, 2.75) is 38.6 Å². The molecule has 2 saturated heterocycles. The number of aliphatic imine (C=N–C) groups is 1. The van der Waals surface area contributed by atoms with Crippen LogP contribution in [0.3, 0.4) is 0 Å². The van der Waals surface area contributed by atoms with E-state index in [1.807, 2.05) is 19.2 Å². The first-order valence-electron chi connectivity index (χ1n) is 12.2. The molecule has 180 valence electrons. The second-order valence-corrected chi connectivity index (χ2v) is 8.93. The van der Waals surface area contributed by atoms with E-state index in [0.717, 1.165) is 90.1 Å². The van der Waals surface area contributed by atoms with Crippen molar-refractivity contribution in [2.24, 2.45) is 16.8 Å². The monoisotopic (exact) mass is 446 g/mol. The summed E-state index contributed by atoms with van der Waals surface area (Å²) in [6.45, 7) is 8.62. The standard InChI is InChI=1S/C25H42N4O3/c1-26-25(27-12-3-15-32-20-23-10-16-31-17-11-23)28-18-21-8-13-29(14-9-21)19-22-4-6-24(30-2)7-5-22/h4-7,21,23H,3,8-20H2,1-2H3,(H2,26,27,28). The normalized spacial score (nSPS) is 19.1. The van der Waals surface area contributed by atoms with Crippen LogP contribution in [0.15, 0.2) is 29.3 Å². The molecule has 2 fully saturated rings. The minimum Gasteiger partial charge on any atom is -0.497 e. The summed E-state index contributed by atoms with van der Waals surface area (Å²) in [7, 11) is 3.55. The lowest BCUT2D eigenvalue weighted by molar-refractivity contribution is 0.0203. The van der Waals surface area contributed by atoms with Gasteiger partial charge in [-0.05, 0) is 74.7 Å². The van der Waals surface area contributed by atoms with Gasteiger partial charge in [-0.2, -0.15) is 0 Å². The molecule has 7 nitrogen and oxygen atoms in total. The van der Waals surface area contributed by atoms with Crippen molar-refractivity contribution in [3.05, 3.63) is 29.8 Å². The van der Waals surface area contributed by atoms with Gasteiger partial charge in [-0.3, -0.25) is 9.89 Å². The van der Waals surface area contributed by atoms with Crippen molar-refractivity contribution in [1.82, 2.24) is 15.5 Å². The average Bonchev–Trinajstić information content (AvgIpc) is 2.85. The number of likely N-dealkylation sites (tertiary alicyclic amines) is 1. The van der Waals surface area contributed by atoms with Crippen molar-refractivity contribution in [3.63, 3.8) is 0 Å². The molecule has 0 aromatic heterocycles. The van der Waals surface area contributed by atoms with Gasteiger partial charge in [-0.25, -0.2) is 0 Å². The second-order valence-electron chi connectivity index (χ2n) is 8.93. The van der Waals surface area contributed by atoms with Gasteiger partial charge >= 0.3 is 0 Å². The maximum Gasteiger partial charge on any atom is 0.190 e. The van der Waals surface area contributed by atoms with E-state index in [9.17, 15) is 0 Å². The van der Waals surface area contributed by atoms with Gasteiger partial charge in [0.25, 0.3) is 0 Å². The highest BCUT2D eigenvalue weighted by molar-refractivity contribution is 5.79. The first kappa shape index (κ1) is 24.8. The zero-order chi connectivity index (χ0) is 22.4. The molecular weight excluding hydrogens is 404 g/mol. The van der Waals surface area contributed by atoms with E-state index in [1.165, 1.54) is 18.4 Å². The largest absolute Gasteiger partial charge is 0.497 e. The van der Waals surface area contributed by atoms with Gasteiger partial charge in [0.15, 0.2) is 5.96 Å². The third kappa shape index (κ3) is 8.96. The molecule has 32 heavy (non-hydrogen) atoms. The molecule has 3 rings (SSSR count). The van der Waals surface area contributed by atoms with Crippen molar-refractivity contribution in [2.75, 3.05) is 66.8 Å². The third-order valence-electron chi connectivity index (χ3n) is 6.51. The number of rotatable bonds is 11. The molecule has 1 aromatic carbocycles. The topological polar surface area (TPSA) is 67.4 Å². The molecule has 0 atom stereocenters. The molecule has 2 aliphatic rings. The van der Waals surface area contributed by atoms with Gasteiger partial charge in [-0.15, -0.1) is 0 Å². The summed E-state index contributed by atoms with van der Waals surface area (Å²) >= 11 is 0. The van der Waals surface area contributed by atoms with Crippen molar-refractivity contribution < 1.29 is 14.2 Å². The van der Waals surface area contributed by atoms with Crippen LogP contribution in [0.4, 0.5) is 0 Å². The number of nitrogens with one attached hydrogen (secondary N) is 2. The molecule has 0 amide bonds. The smallest absolute Gasteiger partial charge is 0.190 e. The lowest BCUT2D eigenvalue weighted by atomic mass is 9.96. The van der Waals surface area contributed by atoms with Crippen LogP contribution in [0.1, 0.15) is 37.7 Å². The molecular formula is C25H42N4O3. The first-order valence-corrected chi connectivity index (χ1v) is 12.2. The lowest BCUT2D eigenvalue weighted by Crippen LogP contribution is -2.43. The molecule has 0 spiro atoms. The molecule has 0 radical (unpaired) electrons. The van der Waals surface area contributed by atoms with Gasteiger partial charge in [0.2, 0.25) is 0 Å². The number of ether oxygens (including phenoxy) is 3. The summed E-state index contributed by atoms with van der Waals surface area (Å²) < 4.78 is 16.5. The van der Waals surface area contributed by atoms with Gasteiger partial charge in [-0.1, -0.05) is 12.1 Å². The number of hydrogen-bond acceptors (Lipinski definition) is 5. The summed E-state index contributed by atoms with van der Waals surface area (Å²) in [4.78, 5) is 6.91. The molecule has 2 aliphatic heterocycles. The van der Waals surface area contributed by atoms with Gasteiger partial charge < -0.3 is 24.8 Å². The third-order valence-corrected chi connectivity index (χ3v) is 6.51. The Morgan fingerprint density at radius 2 is 1.81 bits per heavy atom. The number of nitrogens with zero attached hydrogens (tertiary/aromatic N) is 2. The SMILES string of the molecule is CN=C(NCCCOCC1CCOCC1)NCC1CCN(Cc2ccc(OC)cc2)CC1. The second kappa shape index (κ2) is 14.3. The van der Waals surface area contributed by atoms with E-state index in [0.29, 0.717) is 11.8 Å². The summed E-state index contributed by atoms with van der Waals surface area (Å²) in [6, 6.07) is 8.42. The highest BCUT2D eigenvalue weighted by atomic mass is 16.5. The first-order chi connectivity index (χ1) is 15.8. The number of methoxy groups -OCH3 is 1. The van der Waals surface area contributed by atoms with Crippen LogP contribution in [0, 0.1) is 11.8 Å². The highest BCUT2D eigenvalue weighted by Gasteiger charge is 2.19. The van der Waals surface area contributed by atoms with Crippen LogP contribution in [0.2, 0.25) is 0 Å². The Hall–Kier alpha value is -1.83. The van der Waals surface area contributed by atoms with Crippen LogP contribution in [0.25, 0.3) is 0 Å². The lowest BCUT2D eigenvalue weighted by Gasteiger charge is -2.32. The quantitative estimate of drug-likeness (QED) is 0.310. The minimum atomic E-state index is 0.675. The summed E-state index contributed by atoms with van der Waals surface area (Å²) in [5.41, 5.74) is 1.35. The summed E-state index contributed by atoms with van der Waals surface area (Å²) in [5.74, 6) is 3.19. The van der Waals surface area contributed by atoms with E-state index >= 15 is 0 Å². The fourth-order valence-electron chi connectivity index (χ4n) is 4.34. The molecule has 0 unspecified atom stereocenters. The molecule has 1 aromatic rings. The average molecular weight is 447 g/mol. The van der Waals surface area contributed by atoms with Crippen LogP contribution in [-0.2, 0) is 16.0 Å².